The average molecular weight is 297 g/mol. The molecular weight excluding hydrogens is 274 g/mol. The minimum Gasteiger partial charge on any atom is -0.444 e. The van der Waals surface area contributed by atoms with E-state index in [1.165, 1.54) is 0 Å². The maximum Gasteiger partial charge on any atom is 0.407 e. The fourth-order valence-electron chi connectivity index (χ4n) is 1.54. The third-order valence-electron chi connectivity index (χ3n) is 2.39. The Hall–Kier alpha value is -1.20. The maximum atomic E-state index is 11.7. The molecule has 20 heavy (non-hydrogen) atoms. The molecule has 0 aliphatic rings. The smallest absolute Gasteiger partial charge is 0.407 e. The van der Waals surface area contributed by atoms with Crippen LogP contribution in [0.1, 0.15) is 27.2 Å². The first-order chi connectivity index (χ1) is 9.40. The Labute approximate surface area is 124 Å². The first-order valence-electron chi connectivity index (χ1n) is 6.69. The molecule has 1 amide bonds. The SMILES string of the molecule is CC(C)(C)OC(=O)N[C@H](CCO)CSc1ccccc1. The molecule has 2 N–H and O–H groups in total. The Morgan fingerprint density at radius 1 is 1.35 bits per heavy atom. The Bertz CT molecular complexity index is 403. The summed E-state index contributed by atoms with van der Waals surface area (Å²) in [5, 5.41) is 11.9. The number of nitrogens with one attached hydrogen (secondary N) is 1. The number of carbonyl (C=O) groups excluding carboxylic acids is 1. The van der Waals surface area contributed by atoms with Crippen LogP contribution in [0.3, 0.4) is 0 Å². The lowest BCUT2D eigenvalue weighted by Gasteiger charge is -2.23. The van der Waals surface area contributed by atoms with E-state index in [0.29, 0.717) is 12.2 Å². The van der Waals surface area contributed by atoms with Crippen molar-refractivity contribution >= 4 is 17.9 Å². The summed E-state index contributed by atoms with van der Waals surface area (Å²) in [5.41, 5.74) is -0.513. The molecule has 0 aliphatic carbocycles. The highest BCUT2D eigenvalue weighted by atomic mass is 32.2. The zero-order valence-corrected chi connectivity index (χ0v) is 13.1. The lowest BCUT2D eigenvalue weighted by atomic mass is 10.2. The molecule has 0 aromatic heterocycles. The number of carbonyl (C=O) groups is 1. The highest BCUT2D eigenvalue weighted by Gasteiger charge is 2.19. The Morgan fingerprint density at radius 2 is 2.00 bits per heavy atom. The first kappa shape index (κ1) is 16.9. The Balaban J connectivity index is 2.46. The molecule has 112 valence electrons. The molecule has 1 rings (SSSR count). The van der Waals surface area contributed by atoms with Crippen LogP contribution < -0.4 is 5.32 Å². The van der Waals surface area contributed by atoms with E-state index < -0.39 is 11.7 Å². The largest absolute Gasteiger partial charge is 0.444 e. The molecule has 1 atom stereocenters. The highest BCUT2D eigenvalue weighted by molar-refractivity contribution is 7.99. The van der Waals surface area contributed by atoms with Crippen molar-refractivity contribution in [3.63, 3.8) is 0 Å². The molecule has 0 aliphatic heterocycles. The Kier molecular flexibility index (Phi) is 6.88. The topological polar surface area (TPSA) is 58.6 Å². The summed E-state index contributed by atoms with van der Waals surface area (Å²) in [4.78, 5) is 12.9. The van der Waals surface area contributed by atoms with Gasteiger partial charge < -0.3 is 15.2 Å². The van der Waals surface area contributed by atoms with Crippen molar-refractivity contribution < 1.29 is 14.6 Å². The second-order valence-corrected chi connectivity index (χ2v) is 6.57. The molecular formula is C15H23NO3S. The molecule has 1 aromatic carbocycles. The van der Waals surface area contributed by atoms with Crippen LogP contribution in [0.5, 0.6) is 0 Å². The third kappa shape index (κ3) is 7.40. The van der Waals surface area contributed by atoms with Crippen LogP contribution in [-0.2, 0) is 4.74 Å². The van der Waals surface area contributed by atoms with Crippen LogP contribution in [0.25, 0.3) is 0 Å². The zero-order chi connectivity index (χ0) is 15.0. The number of aliphatic hydroxyl groups excluding tert-OH is 1. The van der Waals surface area contributed by atoms with Gasteiger partial charge in [0.2, 0.25) is 0 Å². The average Bonchev–Trinajstić information content (AvgIpc) is 2.35. The number of thioether (sulfide) groups is 1. The summed E-state index contributed by atoms with van der Waals surface area (Å²) >= 11 is 1.65. The molecule has 0 saturated heterocycles. The predicted molar refractivity (Wildman–Crippen MR) is 82.0 cm³/mol. The number of rotatable bonds is 6. The summed E-state index contributed by atoms with van der Waals surface area (Å²) in [6.07, 6.45) is 0.0728. The number of amides is 1. The van der Waals surface area contributed by atoms with E-state index in [-0.39, 0.29) is 12.6 Å². The molecule has 0 unspecified atom stereocenters. The van der Waals surface area contributed by atoms with E-state index in [2.05, 4.69) is 5.32 Å². The lowest BCUT2D eigenvalue weighted by molar-refractivity contribution is 0.0503. The van der Waals surface area contributed by atoms with E-state index in [9.17, 15) is 4.79 Å². The number of aliphatic hydroxyl groups is 1. The number of hydrogen-bond donors (Lipinski definition) is 2. The molecule has 0 spiro atoms. The zero-order valence-electron chi connectivity index (χ0n) is 12.3. The van der Waals surface area contributed by atoms with Crippen molar-refractivity contribution in [1.82, 2.24) is 5.32 Å². The molecule has 0 fully saturated rings. The van der Waals surface area contributed by atoms with Crippen molar-refractivity contribution in [3.05, 3.63) is 30.3 Å². The van der Waals surface area contributed by atoms with Crippen molar-refractivity contribution in [2.24, 2.45) is 0 Å². The van der Waals surface area contributed by atoms with Crippen LogP contribution in [-0.4, -0.2) is 35.2 Å². The van der Waals surface area contributed by atoms with Crippen LogP contribution >= 0.6 is 11.8 Å². The van der Waals surface area contributed by atoms with E-state index in [4.69, 9.17) is 9.84 Å². The van der Waals surface area contributed by atoms with Crippen molar-refractivity contribution in [2.75, 3.05) is 12.4 Å². The second kappa shape index (κ2) is 8.17. The fourth-order valence-corrected chi connectivity index (χ4v) is 2.53. The van der Waals surface area contributed by atoms with Crippen LogP contribution in [0.15, 0.2) is 35.2 Å². The van der Waals surface area contributed by atoms with Gasteiger partial charge in [0.25, 0.3) is 0 Å². The van der Waals surface area contributed by atoms with Crippen LogP contribution in [0.2, 0.25) is 0 Å². The normalized spacial score (nSPS) is 12.8. The summed E-state index contributed by atoms with van der Waals surface area (Å²) in [7, 11) is 0. The van der Waals surface area contributed by atoms with Gasteiger partial charge in [-0.2, -0.15) is 0 Å². The molecule has 0 saturated carbocycles. The molecule has 5 heteroatoms. The molecule has 1 aromatic rings. The van der Waals surface area contributed by atoms with Gasteiger partial charge in [-0.05, 0) is 39.3 Å². The third-order valence-corrected chi connectivity index (χ3v) is 3.57. The minimum absolute atomic E-state index is 0.0375. The monoisotopic (exact) mass is 297 g/mol. The molecule has 0 radical (unpaired) electrons. The maximum absolute atomic E-state index is 11.7. The van der Waals surface area contributed by atoms with Crippen molar-refractivity contribution in [3.8, 4) is 0 Å². The van der Waals surface area contributed by atoms with Crippen molar-refractivity contribution in [1.29, 1.82) is 0 Å². The first-order valence-corrected chi connectivity index (χ1v) is 7.67. The van der Waals surface area contributed by atoms with Gasteiger partial charge in [0, 0.05) is 23.3 Å². The quantitative estimate of drug-likeness (QED) is 0.792. The summed E-state index contributed by atoms with van der Waals surface area (Å²) in [6.45, 7) is 5.51. The van der Waals surface area contributed by atoms with Crippen LogP contribution in [0, 0.1) is 0 Å². The highest BCUT2D eigenvalue weighted by Crippen LogP contribution is 2.19. The number of alkyl carbamates (subject to hydrolysis) is 1. The molecule has 4 nitrogen and oxygen atoms in total. The lowest BCUT2D eigenvalue weighted by Crippen LogP contribution is -2.40. The van der Waals surface area contributed by atoms with E-state index in [1.807, 2.05) is 51.1 Å². The standard InChI is InChI=1S/C15H23NO3S/c1-15(2,3)19-14(18)16-12(9-10-17)11-20-13-7-5-4-6-8-13/h4-8,12,17H,9-11H2,1-3H3,(H,16,18)/t12-/m1/s1. The van der Waals surface area contributed by atoms with Crippen LogP contribution in [0.4, 0.5) is 4.79 Å². The summed E-state index contributed by atoms with van der Waals surface area (Å²) in [6, 6.07) is 9.85. The molecule has 0 heterocycles. The van der Waals surface area contributed by atoms with Gasteiger partial charge in [0.1, 0.15) is 5.60 Å². The van der Waals surface area contributed by atoms with Gasteiger partial charge in [-0.3, -0.25) is 0 Å². The summed E-state index contributed by atoms with van der Waals surface area (Å²) < 4.78 is 5.23. The van der Waals surface area contributed by atoms with E-state index in [1.54, 1.807) is 11.8 Å². The van der Waals surface area contributed by atoms with Gasteiger partial charge in [0.05, 0.1) is 0 Å². The van der Waals surface area contributed by atoms with E-state index >= 15 is 0 Å². The second-order valence-electron chi connectivity index (χ2n) is 5.48. The minimum atomic E-state index is -0.513. The van der Waals surface area contributed by atoms with Crippen molar-refractivity contribution in [2.45, 2.75) is 43.7 Å². The van der Waals surface area contributed by atoms with Gasteiger partial charge >= 0.3 is 6.09 Å². The number of benzene rings is 1. The van der Waals surface area contributed by atoms with E-state index in [0.717, 1.165) is 4.90 Å². The van der Waals surface area contributed by atoms with Gasteiger partial charge in [0.15, 0.2) is 0 Å². The number of hydrogen-bond acceptors (Lipinski definition) is 4. The predicted octanol–water partition coefficient (Wildman–Crippen LogP) is 3.05. The summed E-state index contributed by atoms with van der Waals surface area (Å²) in [5.74, 6) is 0.698. The molecule has 0 bridgehead atoms. The number of ether oxygens (including phenoxy) is 1. The Morgan fingerprint density at radius 3 is 2.55 bits per heavy atom. The van der Waals surface area contributed by atoms with Gasteiger partial charge in [-0.25, -0.2) is 4.79 Å². The van der Waals surface area contributed by atoms with Gasteiger partial charge in [-0.1, -0.05) is 18.2 Å². The fraction of sp³-hybridized carbons (Fsp3) is 0.533. The van der Waals surface area contributed by atoms with Gasteiger partial charge in [-0.15, -0.1) is 11.8 Å².